The van der Waals surface area contributed by atoms with Crippen molar-refractivity contribution >= 4 is 15.6 Å². The van der Waals surface area contributed by atoms with Crippen LogP contribution in [0.5, 0.6) is 0 Å². The van der Waals surface area contributed by atoms with Crippen molar-refractivity contribution in [2.45, 2.75) is 52.0 Å². The highest BCUT2D eigenvalue weighted by Crippen LogP contribution is 2.15. The highest BCUT2D eigenvalue weighted by molar-refractivity contribution is 7.91. The van der Waals surface area contributed by atoms with Crippen LogP contribution in [0.1, 0.15) is 46.5 Å². The lowest BCUT2D eigenvalue weighted by molar-refractivity contribution is -0.124. The zero-order valence-electron chi connectivity index (χ0n) is 10.5. The molecule has 0 radical (unpaired) electrons. The lowest BCUT2D eigenvalue weighted by Gasteiger charge is -2.24. The van der Waals surface area contributed by atoms with Crippen molar-refractivity contribution in [3.8, 4) is 0 Å². The summed E-state index contributed by atoms with van der Waals surface area (Å²) in [6.07, 6.45) is 1.73. The largest absolute Gasteiger partial charge is 0.319 e. The molecule has 2 N–H and O–H groups in total. The molecule has 0 aliphatic heterocycles. The summed E-state index contributed by atoms with van der Waals surface area (Å²) >= 11 is 0. The number of carbonyl (C=O) groups excluding carboxylic acids is 1. The average molecular weight is 249 g/mol. The van der Waals surface area contributed by atoms with E-state index in [1.54, 1.807) is 0 Å². The van der Waals surface area contributed by atoms with Crippen LogP contribution >= 0.6 is 0 Å². The number of nitrogens with two attached hydrogens (primary N) is 1. The molecule has 0 bridgehead atoms. The van der Waals surface area contributed by atoms with Gasteiger partial charge in [-0.1, -0.05) is 20.8 Å². The Kier molecular flexibility index (Phi) is 6.18. The molecule has 5 heteroatoms. The number of rotatable bonds is 8. The molecular weight excluding hydrogens is 226 g/mol. The summed E-state index contributed by atoms with van der Waals surface area (Å²) in [4.78, 5) is 11.8. The zero-order chi connectivity index (χ0) is 12.8. The van der Waals surface area contributed by atoms with Gasteiger partial charge in [0.2, 0.25) is 0 Å². The highest BCUT2D eigenvalue weighted by Gasteiger charge is 2.30. The van der Waals surface area contributed by atoms with Crippen LogP contribution in [0.25, 0.3) is 0 Å². The monoisotopic (exact) mass is 249 g/mol. The highest BCUT2D eigenvalue weighted by atomic mass is 32.2. The zero-order valence-corrected chi connectivity index (χ0v) is 11.3. The van der Waals surface area contributed by atoms with E-state index in [1.165, 1.54) is 0 Å². The third kappa shape index (κ3) is 4.61. The first-order chi connectivity index (χ1) is 7.31. The minimum atomic E-state index is -3.08. The predicted octanol–water partition coefficient (Wildman–Crippen LogP) is 1.29. The van der Waals surface area contributed by atoms with Crippen LogP contribution in [0.15, 0.2) is 0 Å². The van der Waals surface area contributed by atoms with E-state index in [-0.39, 0.29) is 23.7 Å². The fraction of sp³-hybridized carbons (Fsp3) is 0.909. The van der Waals surface area contributed by atoms with Gasteiger partial charge in [-0.25, -0.2) is 8.42 Å². The molecule has 0 amide bonds. The van der Waals surface area contributed by atoms with E-state index in [0.717, 1.165) is 0 Å². The van der Waals surface area contributed by atoms with Gasteiger partial charge >= 0.3 is 0 Å². The molecule has 0 fully saturated rings. The van der Waals surface area contributed by atoms with Crippen LogP contribution in [-0.2, 0) is 14.6 Å². The Bertz CT molecular complexity index is 318. The maximum absolute atomic E-state index is 11.8. The van der Waals surface area contributed by atoms with Crippen molar-refractivity contribution < 1.29 is 13.2 Å². The van der Waals surface area contributed by atoms with Gasteiger partial charge in [-0.05, 0) is 19.3 Å². The molecule has 0 saturated carbocycles. The Morgan fingerprint density at radius 3 is 2.00 bits per heavy atom. The summed E-state index contributed by atoms with van der Waals surface area (Å²) in [5, 5.41) is 0. The molecule has 0 aromatic rings. The first-order valence-electron chi connectivity index (χ1n) is 5.84. The van der Waals surface area contributed by atoms with Crippen LogP contribution in [0, 0.1) is 0 Å². The van der Waals surface area contributed by atoms with Crippen molar-refractivity contribution in [3.05, 3.63) is 0 Å². The lowest BCUT2D eigenvalue weighted by Crippen LogP contribution is -2.47. The molecular formula is C11H23NO3S. The fourth-order valence-electron chi connectivity index (χ4n) is 1.55. The van der Waals surface area contributed by atoms with Gasteiger partial charge in [0.25, 0.3) is 0 Å². The molecule has 0 atom stereocenters. The van der Waals surface area contributed by atoms with Gasteiger partial charge in [-0.2, -0.15) is 0 Å². The second-order valence-corrected chi connectivity index (χ2v) is 6.49. The molecule has 96 valence electrons. The molecule has 0 aromatic heterocycles. The van der Waals surface area contributed by atoms with Crippen molar-refractivity contribution in [3.63, 3.8) is 0 Å². The second-order valence-electron chi connectivity index (χ2n) is 4.19. The van der Waals surface area contributed by atoms with Crippen LogP contribution in [0.4, 0.5) is 0 Å². The SMILES string of the molecule is CCCS(=O)(=O)CCC(=O)C(N)(CC)CC. The molecule has 0 saturated heterocycles. The lowest BCUT2D eigenvalue weighted by atomic mass is 9.88. The first kappa shape index (κ1) is 15.6. The quantitative estimate of drug-likeness (QED) is 0.703. The normalized spacial score (nSPS) is 12.8. The van der Waals surface area contributed by atoms with E-state index in [0.29, 0.717) is 19.3 Å². The van der Waals surface area contributed by atoms with Gasteiger partial charge < -0.3 is 5.73 Å². The number of hydrogen-bond acceptors (Lipinski definition) is 4. The Labute approximate surface area is 98.5 Å². The van der Waals surface area contributed by atoms with Crippen molar-refractivity contribution in [1.29, 1.82) is 0 Å². The molecule has 0 spiro atoms. The van der Waals surface area contributed by atoms with Crippen LogP contribution in [0.2, 0.25) is 0 Å². The average Bonchev–Trinajstić information content (AvgIpc) is 2.24. The minimum Gasteiger partial charge on any atom is -0.319 e. The minimum absolute atomic E-state index is 0.0422. The molecule has 16 heavy (non-hydrogen) atoms. The number of ketones is 1. The molecule has 4 nitrogen and oxygen atoms in total. The van der Waals surface area contributed by atoms with E-state index in [9.17, 15) is 13.2 Å². The van der Waals surface area contributed by atoms with Crippen molar-refractivity contribution in [2.24, 2.45) is 5.73 Å². The number of Topliss-reactive ketones (excluding diaryl/α,β-unsaturated/α-hetero) is 1. The van der Waals surface area contributed by atoms with Crippen LogP contribution in [-0.4, -0.2) is 31.2 Å². The standard InChI is InChI=1S/C11H23NO3S/c1-4-8-16(14,15)9-7-10(13)11(12,5-2)6-3/h4-9,12H2,1-3H3. The van der Waals surface area contributed by atoms with E-state index < -0.39 is 15.4 Å². The Balaban J connectivity index is 4.38. The second kappa shape index (κ2) is 6.35. The van der Waals surface area contributed by atoms with Crippen LogP contribution < -0.4 is 5.73 Å². The summed E-state index contributed by atoms with van der Waals surface area (Å²) in [5.41, 5.74) is 5.05. The number of hydrogen-bond donors (Lipinski definition) is 1. The Morgan fingerprint density at radius 2 is 1.62 bits per heavy atom. The van der Waals surface area contributed by atoms with Crippen molar-refractivity contribution in [2.75, 3.05) is 11.5 Å². The summed E-state index contributed by atoms with van der Waals surface area (Å²) in [6.45, 7) is 5.51. The maximum Gasteiger partial charge on any atom is 0.153 e. The summed E-state index contributed by atoms with van der Waals surface area (Å²) in [6, 6.07) is 0. The third-order valence-electron chi connectivity index (χ3n) is 2.97. The molecule has 0 aromatic carbocycles. The smallest absolute Gasteiger partial charge is 0.153 e. The van der Waals surface area contributed by atoms with Crippen LogP contribution in [0.3, 0.4) is 0 Å². The van der Waals surface area contributed by atoms with Gasteiger partial charge in [-0.15, -0.1) is 0 Å². The van der Waals surface area contributed by atoms with Gasteiger partial charge in [0.05, 0.1) is 11.3 Å². The number of sulfone groups is 1. The van der Waals surface area contributed by atoms with Gasteiger partial charge in [0.1, 0.15) is 0 Å². The maximum atomic E-state index is 11.8. The van der Waals surface area contributed by atoms with Gasteiger partial charge in [0, 0.05) is 12.2 Å². The molecule has 0 aliphatic rings. The number of carbonyl (C=O) groups is 1. The Morgan fingerprint density at radius 1 is 1.12 bits per heavy atom. The van der Waals surface area contributed by atoms with E-state index in [2.05, 4.69) is 0 Å². The summed E-state index contributed by atoms with van der Waals surface area (Å²) in [7, 11) is -3.08. The summed E-state index contributed by atoms with van der Waals surface area (Å²) in [5.74, 6) is -0.0634. The topological polar surface area (TPSA) is 77.2 Å². The summed E-state index contributed by atoms with van der Waals surface area (Å²) < 4.78 is 22.9. The molecule has 0 rings (SSSR count). The van der Waals surface area contributed by atoms with E-state index in [1.807, 2.05) is 20.8 Å². The van der Waals surface area contributed by atoms with E-state index in [4.69, 9.17) is 5.73 Å². The van der Waals surface area contributed by atoms with E-state index >= 15 is 0 Å². The molecule has 0 heterocycles. The fourth-order valence-corrected chi connectivity index (χ4v) is 2.88. The first-order valence-corrected chi connectivity index (χ1v) is 7.66. The third-order valence-corrected chi connectivity index (χ3v) is 4.83. The Hall–Kier alpha value is -0.420. The van der Waals surface area contributed by atoms with Gasteiger partial charge in [0.15, 0.2) is 15.6 Å². The molecule has 0 unspecified atom stereocenters. The van der Waals surface area contributed by atoms with Gasteiger partial charge in [-0.3, -0.25) is 4.79 Å². The molecule has 0 aliphatic carbocycles. The predicted molar refractivity (Wildman–Crippen MR) is 66.1 cm³/mol. The van der Waals surface area contributed by atoms with Crippen molar-refractivity contribution in [1.82, 2.24) is 0 Å².